The molecule has 0 saturated carbocycles. The predicted molar refractivity (Wildman–Crippen MR) is 53.1 cm³/mol. The fourth-order valence-electron chi connectivity index (χ4n) is 1.02. The van der Waals surface area contributed by atoms with Gasteiger partial charge in [0.2, 0.25) is 0 Å². The molecule has 0 amide bonds. The molecule has 1 aromatic rings. The number of ether oxygens (including phenoxy) is 2. The van der Waals surface area contributed by atoms with Crippen LogP contribution in [0, 0.1) is 6.20 Å². The summed E-state index contributed by atoms with van der Waals surface area (Å²) in [4.78, 5) is 6.94. The molecule has 14 heavy (non-hydrogen) atoms. The zero-order valence-corrected chi connectivity index (χ0v) is 8.58. The van der Waals surface area contributed by atoms with Gasteiger partial charge in [0, 0.05) is 19.2 Å². The summed E-state index contributed by atoms with van der Waals surface area (Å²) in [5, 5.41) is 0. The minimum atomic E-state index is 0.657. The van der Waals surface area contributed by atoms with Gasteiger partial charge in [-0.15, -0.1) is 0 Å². The van der Waals surface area contributed by atoms with Crippen molar-refractivity contribution in [2.75, 3.05) is 26.4 Å². The quantitative estimate of drug-likeness (QED) is 0.637. The van der Waals surface area contributed by atoms with Crippen molar-refractivity contribution >= 4 is 0 Å². The minimum Gasteiger partial charge on any atom is -0.379 e. The lowest BCUT2D eigenvalue weighted by molar-refractivity contribution is 0.0488. The van der Waals surface area contributed by atoms with Crippen molar-refractivity contribution in [1.82, 2.24) is 9.97 Å². The monoisotopic (exact) mass is 197 g/mol. The van der Waals surface area contributed by atoms with Crippen LogP contribution in [-0.4, -0.2) is 36.4 Å². The van der Waals surface area contributed by atoms with E-state index in [1.54, 1.807) is 6.20 Å². The summed E-state index contributed by atoms with van der Waals surface area (Å²) in [6.07, 6.45) is 6.27. The minimum absolute atomic E-state index is 0.657. The Morgan fingerprint density at radius 2 is 2.07 bits per heavy atom. The number of aromatic amines is 1. The molecule has 1 aromatic heterocycles. The van der Waals surface area contributed by atoms with Gasteiger partial charge in [0.1, 0.15) is 12.0 Å². The van der Waals surface area contributed by atoms with E-state index in [1.165, 1.54) is 0 Å². The lowest BCUT2D eigenvalue weighted by atomic mass is 10.4. The zero-order chi connectivity index (χ0) is 10.1. The number of nitrogens with zero attached hydrogens (tertiary/aromatic N) is 1. The van der Waals surface area contributed by atoms with E-state index >= 15 is 0 Å². The highest BCUT2D eigenvalue weighted by molar-refractivity contribution is 4.85. The summed E-state index contributed by atoms with van der Waals surface area (Å²) >= 11 is 0. The van der Waals surface area contributed by atoms with E-state index in [0.29, 0.717) is 19.8 Å². The Labute approximate surface area is 84.6 Å². The van der Waals surface area contributed by atoms with Gasteiger partial charge >= 0.3 is 0 Å². The van der Waals surface area contributed by atoms with Gasteiger partial charge in [-0.25, -0.2) is 4.98 Å². The van der Waals surface area contributed by atoms with Crippen molar-refractivity contribution in [3.63, 3.8) is 0 Å². The highest BCUT2D eigenvalue weighted by atomic mass is 16.5. The normalized spacial score (nSPS) is 10.6. The first-order valence-electron chi connectivity index (χ1n) is 4.99. The number of hydrogen-bond donors (Lipinski definition) is 1. The fourth-order valence-corrected chi connectivity index (χ4v) is 1.02. The number of nitrogens with one attached hydrogen (secondary N) is 1. The van der Waals surface area contributed by atoms with Crippen molar-refractivity contribution in [2.45, 2.75) is 19.8 Å². The first-order chi connectivity index (χ1) is 6.93. The number of hydrogen-bond acceptors (Lipinski definition) is 3. The first kappa shape index (κ1) is 11.2. The van der Waals surface area contributed by atoms with Gasteiger partial charge < -0.3 is 14.5 Å². The second-order valence-electron chi connectivity index (χ2n) is 2.95. The van der Waals surface area contributed by atoms with E-state index in [-0.39, 0.29) is 0 Å². The number of rotatable bonds is 8. The average molecular weight is 197 g/mol. The molecule has 79 valence electrons. The van der Waals surface area contributed by atoms with Crippen molar-refractivity contribution < 1.29 is 9.47 Å². The Bertz CT molecular complexity index is 212. The third-order valence-corrected chi connectivity index (χ3v) is 1.71. The maximum absolute atomic E-state index is 5.35. The van der Waals surface area contributed by atoms with Gasteiger partial charge in [-0.3, -0.25) is 0 Å². The fraction of sp³-hybridized carbons (Fsp3) is 0.700. The Balaban J connectivity index is 1.85. The van der Waals surface area contributed by atoms with Gasteiger partial charge in [-0.05, 0) is 6.42 Å². The molecule has 0 aliphatic heterocycles. The van der Waals surface area contributed by atoms with Crippen LogP contribution in [0.5, 0.6) is 0 Å². The Kier molecular flexibility index (Phi) is 6.02. The molecular weight excluding hydrogens is 180 g/mol. The van der Waals surface area contributed by atoms with Crippen LogP contribution in [0.25, 0.3) is 0 Å². The Morgan fingerprint density at radius 1 is 1.29 bits per heavy atom. The zero-order valence-electron chi connectivity index (χ0n) is 8.58. The van der Waals surface area contributed by atoms with Gasteiger partial charge in [0.15, 0.2) is 0 Å². The van der Waals surface area contributed by atoms with Crippen LogP contribution >= 0.6 is 0 Å². The molecule has 0 bridgehead atoms. The molecule has 1 heterocycles. The van der Waals surface area contributed by atoms with Gasteiger partial charge in [0.05, 0.1) is 19.8 Å². The lowest BCUT2D eigenvalue weighted by Crippen LogP contribution is -2.07. The maximum atomic E-state index is 5.35. The highest BCUT2D eigenvalue weighted by Gasteiger charge is 1.94. The van der Waals surface area contributed by atoms with Crippen LogP contribution in [0.15, 0.2) is 6.20 Å². The van der Waals surface area contributed by atoms with Crippen LogP contribution in [0.2, 0.25) is 0 Å². The Morgan fingerprint density at radius 3 is 2.71 bits per heavy atom. The van der Waals surface area contributed by atoms with Gasteiger partial charge in [-0.2, -0.15) is 0 Å². The van der Waals surface area contributed by atoms with Crippen LogP contribution in [0.3, 0.4) is 0 Å². The maximum Gasteiger partial charge on any atom is 0.109 e. The topological polar surface area (TPSA) is 47.1 Å². The average Bonchev–Trinajstić information content (AvgIpc) is 2.69. The first-order valence-corrected chi connectivity index (χ1v) is 4.99. The summed E-state index contributed by atoms with van der Waals surface area (Å²) < 4.78 is 10.6. The molecule has 0 aromatic carbocycles. The van der Waals surface area contributed by atoms with E-state index in [1.807, 2.05) is 0 Å². The molecule has 1 rings (SSSR count). The molecule has 0 atom stereocenters. The summed E-state index contributed by atoms with van der Waals surface area (Å²) in [6.45, 7) is 4.92. The molecule has 0 saturated heterocycles. The van der Waals surface area contributed by atoms with Crippen molar-refractivity contribution in [3.8, 4) is 0 Å². The van der Waals surface area contributed by atoms with Gasteiger partial charge in [-0.1, -0.05) is 6.92 Å². The van der Waals surface area contributed by atoms with Crippen molar-refractivity contribution in [3.05, 3.63) is 18.2 Å². The SMILES string of the molecule is CCCOCCOCCc1n[c]c[nH]1. The van der Waals surface area contributed by atoms with E-state index in [0.717, 1.165) is 25.3 Å². The summed E-state index contributed by atoms with van der Waals surface area (Å²) in [5.41, 5.74) is 0. The summed E-state index contributed by atoms with van der Waals surface area (Å²) in [7, 11) is 0. The molecule has 0 spiro atoms. The lowest BCUT2D eigenvalue weighted by Gasteiger charge is -2.03. The Hall–Kier alpha value is -0.870. The number of imidazole rings is 1. The van der Waals surface area contributed by atoms with Crippen LogP contribution in [0.1, 0.15) is 19.2 Å². The van der Waals surface area contributed by atoms with Crippen molar-refractivity contribution in [1.29, 1.82) is 0 Å². The van der Waals surface area contributed by atoms with Crippen LogP contribution in [-0.2, 0) is 15.9 Å². The van der Waals surface area contributed by atoms with E-state index < -0.39 is 0 Å². The molecule has 1 radical (unpaired) electrons. The molecular formula is C10H17N2O2. The number of aromatic nitrogens is 2. The highest BCUT2D eigenvalue weighted by Crippen LogP contribution is 1.90. The van der Waals surface area contributed by atoms with Crippen LogP contribution in [0.4, 0.5) is 0 Å². The molecule has 4 heteroatoms. The van der Waals surface area contributed by atoms with Crippen LogP contribution < -0.4 is 0 Å². The van der Waals surface area contributed by atoms with E-state index in [9.17, 15) is 0 Å². The predicted octanol–water partition coefficient (Wildman–Crippen LogP) is 1.20. The standard InChI is InChI=1S/C10H17N2O2/c1-2-6-13-8-9-14-7-3-10-11-4-5-12-10/h4H,2-3,6-9H2,1H3,(H,11,12). The third kappa shape index (κ3) is 4.99. The molecule has 0 aliphatic rings. The van der Waals surface area contributed by atoms with Crippen molar-refractivity contribution in [2.24, 2.45) is 0 Å². The summed E-state index contributed by atoms with van der Waals surface area (Å²) in [6, 6.07) is 0. The largest absolute Gasteiger partial charge is 0.379 e. The molecule has 4 nitrogen and oxygen atoms in total. The summed E-state index contributed by atoms with van der Waals surface area (Å²) in [5.74, 6) is 0.916. The molecule has 1 N–H and O–H groups in total. The van der Waals surface area contributed by atoms with Gasteiger partial charge in [0.25, 0.3) is 0 Å². The second-order valence-corrected chi connectivity index (χ2v) is 2.95. The van der Waals surface area contributed by atoms with E-state index in [2.05, 4.69) is 23.1 Å². The van der Waals surface area contributed by atoms with E-state index in [4.69, 9.17) is 9.47 Å². The second kappa shape index (κ2) is 7.53. The smallest absolute Gasteiger partial charge is 0.109 e. The molecule has 0 fully saturated rings. The molecule has 0 aliphatic carbocycles. The third-order valence-electron chi connectivity index (χ3n) is 1.71. The molecule has 0 unspecified atom stereocenters. The number of H-pyrrole nitrogens is 1.